The van der Waals surface area contributed by atoms with Crippen molar-refractivity contribution in [2.24, 2.45) is 11.1 Å². The molecule has 2 N–H and O–H groups in total. The maximum absolute atomic E-state index is 5.71. The third-order valence-corrected chi connectivity index (χ3v) is 3.74. The molecule has 0 spiro atoms. The van der Waals surface area contributed by atoms with Gasteiger partial charge in [0.2, 0.25) is 0 Å². The van der Waals surface area contributed by atoms with Crippen LogP contribution in [0.2, 0.25) is 0 Å². The molecule has 17 heavy (non-hydrogen) atoms. The largest absolute Gasteiger partial charge is 0.469 e. The van der Waals surface area contributed by atoms with Crippen molar-refractivity contribution < 1.29 is 4.42 Å². The van der Waals surface area contributed by atoms with Gasteiger partial charge < -0.3 is 15.1 Å². The molecular formula is C13H22N2OS. The lowest BCUT2D eigenvalue weighted by atomic mass is 9.89. The van der Waals surface area contributed by atoms with E-state index in [0.717, 1.165) is 25.3 Å². The van der Waals surface area contributed by atoms with E-state index in [2.05, 4.69) is 25.8 Å². The molecule has 0 saturated carbocycles. The van der Waals surface area contributed by atoms with Crippen LogP contribution in [0, 0.1) is 12.3 Å². The molecule has 0 atom stereocenters. The molecule has 0 unspecified atom stereocenters. The van der Waals surface area contributed by atoms with Gasteiger partial charge in [-0.15, -0.1) is 0 Å². The molecule has 4 heteroatoms. The summed E-state index contributed by atoms with van der Waals surface area (Å²) in [4.78, 5) is 2.85. The highest BCUT2D eigenvalue weighted by molar-refractivity contribution is 7.80. The van der Waals surface area contributed by atoms with Gasteiger partial charge in [-0.3, -0.25) is 0 Å². The van der Waals surface area contributed by atoms with Crippen LogP contribution < -0.4 is 5.73 Å². The lowest BCUT2D eigenvalue weighted by Crippen LogP contribution is -2.33. The molecule has 96 valence electrons. The fraction of sp³-hybridized carbons (Fsp3) is 0.615. The lowest BCUT2D eigenvalue weighted by Gasteiger charge is -2.26. The second-order valence-electron chi connectivity index (χ2n) is 5.24. The fourth-order valence-corrected chi connectivity index (χ4v) is 1.64. The molecule has 0 aliphatic rings. The Hall–Kier alpha value is -0.870. The smallest absolute Gasteiger partial charge is 0.105 e. The molecule has 0 aromatic carbocycles. The molecule has 0 fully saturated rings. The molecule has 0 aliphatic heterocycles. The minimum atomic E-state index is -0.0744. The maximum Gasteiger partial charge on any atom is 0.105 e. The average molecular weight is 254 g/mol. The molecule has 1 aromatic heterocycles. The van der Waals surface area contributed by atoms with Crippen molar-refractivity contribution in [3.05, 3.63) is 23.7 Å². The fourth-order valence-electron chi connectivity index (χ4n) is 1.54. The van der Waals surface area contributed by atoms with Gasteiger partial charge in [0.15, 0.2) is 0 Å². The quantitative estimate of drug-likeness (QED) is 0.793. The summed E-state index contributed by atoms with van der Waals surface area (Å²) in [5, 5.41) is 0. The summed E-state index contributed by atoms with van der Waals surface area (Å²) in [5.74, 6) is 0.991. The minimum Gasteiger partial charge on any atom is -0.469 e. The Balaban J connectivity index is 2.43. The van der Waals surface area contributed by atoms with Crippen molar-refractivity contribution in [2.75, 3.05) is 13.6 Å². The number of nitrogens with zero attached hydrogens (tertiary/aromatic N) is 1. The lowest BCUT2D eigenvalue weighted by molar-refractivity contribution is 0.284. The van der Waals surface area contributed by atoms with Gasteiger partial charge in [-0.05, 0) is 33.0 Å². The summed E-state index contributed by atoms with van der Waals surface area (Å²) in [6.07, 6.45) is 2.70. The Morgan fingerprint density at radius 1 is 1.53 bits per heavy atom. The highest BCUT2D eigenvalue weighted by Crippen LogP contribution is 2.21. The third-order valence-electron chi connectivity index (χ3n) is 3.19. The standard InChI is InChI=1S/C13H22N2OS/c1-10-11(5-8-16-10)9-15(4)7-6-13(2,3)12(14)17/h5,8H,6-7,9H2,1-4H3,(H2,14,17). The van der Waals surface area contributed by atoms with Gasteiger partial charge in [0.25, 0.3) is 0 Å². The van der Waals surface area contributed by atoms with Gasteiger partial charge in [-0.25, -0.2) is 0 Å². The molecule has 3 nitrogen and oxygen atoms in total. The number of furan rings is 1. The third kappa shape index (κ3) is 4.13. The SMILES string of the molecule is Cc1occc1CN(C)CCC(C)(C)C(N)=S. The van der Waals surface area contributed by atoms with Crippen LogP contribution in [-0.2, 0) is 6.54 Å². The van der Waals surface area contributed by atoms with Crippen LogP contribution in [0.4, 0.5) is 0 Å². The van der Waals surface area contributed by atoms with E-state index in [4.69, 9.17) is 22.4 Å². The molecule has 0 bridgehead atoms. The summed E-state index contributed by atoms with van der Waals surface area (Å²) in [5.41, 5.74) is 6.88. The van der Waals surface area contributed by atoms with Gasteiger partial charge in [-0.1, -0.05) is 26.1 Å². The number of aryl methyl sites for hydroxylation is 1. The highest BCUT2D eigenvalue weighted by Gasteiger charge is 2.21. The molecule has 0 aliphatic carbocycles. The minimum absolute atomic E-state index is 0.0744. The number of thiocarbonyl (C=S) groups is 1. The van der Waals surface area contributed by atoms with Crippen LogP contribution in [0.5, 0.6) is 0 Å². The normalized spacial score (nSPS) is 12.1. The number of rotatable bonds is 6. The summed E-state index contributed by atoms with van der Waals surface area (Å²) in [7, 11) is 2.10. The first-order chi connectivity index (χ1) is 7.83. The van der Waals surface area contributed by atoms with E-state index < -0.39 is 0 Å². The van der Waals surface area contributed by atoms with Gasteiger partial charge in [0.1, 0.15) is 5.76 Å². The second kappa shape index (κ2) is 5.65. The number of nitrogens with two attached hydrogens (primary N) is 1. The van der Waals surface area contributed by atoms with Crippen molar-refractivity contribution in [3.63, 3.8) is 0 Å². The summed E-state index contributed by atoms with van der Waals surface area (Å²) < 4.78 is 5.28. The van der Waals surface area contributed by atoms with Crippen molar-refractivity contribution in [1.82, 2.24) is 4.90 Å². The molecule has 0 saturated heterocycles. The number of hydrogen-bond donors (Lipinski definition) is 1. The second-order valence-corrected chi connectivity index (χ2v) is 5.68. The van der Waals surface area contributed by atoms with Gasteiger partial charge >= 0.3 is 0 Å². The van der Waals surface area contributed by atoms with Crippen LogP contribution in [-0.4, -0.2) is 23.5 Å². The van der Waals surface area contributed by atoms with Crippen LogP contribution in [0.3, 0.4) is 0 Å². The molecule has 0 amide bonds. The van der Waals surface area contributed by atoms with E-state index >= 15 is 0 Å². The topological polar surface area (TPSA) is 42.4 Å². The summed E-state index contributed by atoms with van der Waals surface area (Å²) >= 11 is 5.06. The Morgan fingerprint density at radius 2 is 2.18 bits per heavy atom. The Labute approximate surface area is 109 Å². The van der Waals surface area contributed by atoms with Crippen LogP contribution >= 0.6 is 12.2 Å². The molecular weight excluding hydrogens is 232 g/mol. The van der Waals surface area contributed by atoms with Gasteiger partial charge in [0, 0.05) is 17.5 Å². The molecule has 1 aromatic rings. The maximum atomic E-state index is 5.71. The summed E-state index contributed by atoms with van der Waals surface area (Å²) in [6, 6.07) is 2.02. The molecule has 0 radical (unpaired) electrons. The predicted octanol–water partition coefficient (Wildman–Crippen LogP) is 2.72. The van der Waals surface area contributed by atoms with Gasteiger partial charge in [-0.2, -0.15) is 0 Å². The van der Waals surface area contributed by atoms with E-state index in [9.17, 15) is 0 Å². The molecule has 1 rings (SSSR count). The van der Waals surface area contributed by atoms with Gasteiger partial charge in [0.05, 0.1) is 11.3 Å². The molecule has 1 heterocycles. The highest BCUT2D eigenvalue weighted by atomic mass is 32.1. The van der Waals surface area contributed by atoms with E-state index in [1.54, 1.807) is 6.26 Å². The van der Waals surface area contributed by atoms with Crippen molar-refractivity contribution >= 4 is 17.2 Å². The van der Waals surface area contributed by atoms with Crippen molar-refractivity contribution in [3.8, 4) is 0 Å². The zero-order chi connectivity index (χ0) is 13.1. The zero-order valence-electron chi connectivity index (χ0n) is 11.1. The Morgan fingerprint density at radius 3 is 2.65 bits per heavy atom. The van der Waals surface area contributed by atoms with Crippen molar-refractivity contribution in [1.29, 1.82) is 0 Å². The van der Waals surface area contributed by atoms with Crippen LogP contribution in [0.25, 0.3) is 0 Å². The van der Waals surface area contributed by atoms with Crippen LogP contribution in [0.1, 0.15) is 31.6 Å². The monoisotopic (exact) mass is 254 g/mol. The summed E-state index contributed by atoms with van der Waals surface area (Å²) in [6.45, 7) is 8.03. The first-order valence-corrected chi connectivity index (χ1v) is 6.25. The van der Waals surface area contributed by atoms with E-state index in [1.807, 2.05) is 13.0 Å². The van der Waals surface area contributed by atoms with E-state index in [0.29, 0.717) is 4.99 Å². The first-order valence-electron chi connectivity index (χ1n) is 5.84. The zero-order valence-corrected chi connectivity index (χ0v) is 11.9. The van der Waals surface area contributed by atoms with Crippen molar-refractivity contribution in [2.45, 2.75) is 33.7 Å². The van der Waals surface area contributed by atoms with Crippen LogP contribution in [0.15, 0.2) is 16.7 Å². The Bertz CT molecular complexity index is 385. The number of hydrogen-bond acceptors (Lipinski definition) is 3. The van der Waals surface area contributed by atoms with E-state index in [1.165, 1.54) is 5.56 Å². The predicted molar refractivity (Wildman–Crippen MR) is 75.0 cm³/mol. The Kier molecular flexibility index (Phi) is 4.71. The average Bonchev–Trinajstić information content (AvgIpc) is 2.61. The van der Waals surface area contributed by atoms with E-state index in [-0.39, 0.29) is 5.41 Å². The first kappa shape index (κ1) is 14.2.